The Kier molecular flexibility index (Phi) is 9.18. The Labute approximate surface area is 304 Å². The Morgan fingerprint density at radius 3 is 1.44 bits per heavy atom. The highest BCUT2D eigenvalue weighted by Crippen LogP contribution is 2.53. The standard InChI is InChI=1S/C39H28I2O7/c1-19(2)37(42)45-25-9-11-27-22(15-25)7-13-31-34(27)33(24-17-29(40)36(30(41)18-24)48-39(44)21(5)6)35-28-12-10-26(46-38(43)20(3)4)16-23(28)8-14-32(35)47-31/h7-18,33H,1,3,5H2,2,4,6H3. The molecule has 0 bridgehead atoms. The number of carbonyl (C=O) groups is 3. The van der Waals surface area contributed by atoms with Crippen LogP contribution < -0.4 is 18.9 Å². The van der Waals surface area contributed by atoms with Gasteiger partial charge in [0.05, 0.1) is 7.14 Å². The molecule has 0 radical (unpaired) electrons. The Balaban J connectivity index is 1.58. The molecule has 7 nitrogen and oxygen atoms in total. The third-order valence-corrected chi connectivity index (χ3v) is 9.40. The molecule has 48 heavy (non-hydrogen) atoms. The minimum atomic E-state index is -0.501. The van der Waals surface area contributed by atoms with Gasteiger partial charge in [0.25, 0.3) is 0 Å². The van der Waals surface area contributed by atoms with Gasteiger partial charge in [0.2, 0.25) is 0 Å². The minimum Gasteiger partial charge on any atom is -0.457 e. The summed E-state index contributed by atoms with van der Waals surface area (Å²) in [4.78, 5) is 37.0. The lowest BCUT2D eigenvalue weighted by molar-refractivity contribution is -0.131. The summed E-state index contributed by atoms with van der Waals surface area (Å²) < 4.78 is 24.9. The first-order valence-electron chi connectivity index (χ1n) is 14.8. The number of esters is 3. The molecule has 5 aromatic rings. The van der Waals surface area contributed by atoms with Crippen LogP contribution in [-0.4, -0.2) is 17.9 Å². The molecular weight excluding hydrogens is 834 g/mol. The van der Waals surface area contributed by atoms with Crippen LogP contribution in [0.3, 0.4) is 0 Å². The smallest absolute Gasteiger partial charge is 0.338 e. The molecule has 0 N–H and O–H groups in total. The Morgan fingerprint density at radius 1 is 0.604 bits per heavy atom. The van der Waals surface area contributed by atoms with E-state index in [1.54, 1.807) is 32.9 Å². The summed E-state index contributed by atoms with van der Waals surface area (Å²) in [5, 5.41) is 3.52. The lowest BCUT2D eigenvalue weighted by Crippen LogP contribution is -2.15. The van der Waals surface area contributed by atoms with Crippen LogP contribution in [0.5, 0.6) is 28.7 Å². The quantitative estimate of drug-likeness (QED) is 0.0684. The highest BCUT2D eigenvalue weighted by atomic mass is 127. The fraction of sp³-hybridized carbons (Fsp3) is 0.103. The first-order chi connectivity index (χ1) is 22.8. The SMILES string of the molecule is C=C(C)C(=O)Oc1ccc2c3c(ccc2c1)Oc1ccc2cc(OC(=O)C(=C)C)ccc2c1C3c1cc(I)c(OC(=O)C(=C)C)c(I)c1. The third kappa shape index (κ3) is 6.36. The fourth-order valence-corrected chi connectivity index (χ4v) is 7.57. The van der Waals surface area contributed by atoms with Crippen LogP contribution >= 0.6 is 45.2 Å². The van der Waals surface area contributed by atoms with Gasteiger partial charge in [-0.1, -0.05) is 44.0 Å². The number of fused-ring (bicyclic) bond motifs is 6. The van der Waals surface area contributed by atoms with E-state index in [1.807, 2.05) is 60.7 Å². The van der Waals surface area contributed by atoms with Gasteiger partial charge in [-0.05, 0) is 142 Å². The first-order valence-corrected chi connectivity index (χ1v) is 16.9. The maximum absolute atomic E-state index is 12.5. The van der Waals surface area contributed by atoms with E-state index in [2.05, 4.69) is 64.9 Å². The summed E-state index contributed by atoms with van der Waals surface area (Å²) in [7, 11) is 0. The number of ether oxygens (including phenoxy) is 4. The summed E-state index contributed by atoms with van der Waals surface area (Å²) >= 11 is 4.37. The van der Waals surface area contributed by atoms with Crippen molar-refractivity contribution in [3.8, 4) is 28.7 Å². The average Bonchev–Trinajstić information content (AvgIpc) is 3.04. The van der Waals surface area contributed by atoms with Crippen LogP contribution in [0.2, 0.25) is 0 Å². The average molecular weight is 862 g/mol. The first kappa shape index (κ1) is 33.4. The molecule has 0 spiro atoms. The van der Waals surface area contributed by atoms with Gasteiger partial charge in [-0.15, -0.1) is 0 Å². The maximum atomic E-state index is 12.5. The van der Waals surface area contributed by atoms with E-state index in [-0.39, 0.29) is 5.92 Å². The Hall–Kier alpha value is -4.49. The molecule has 0 fully saturated rings. The molecule has 6 rings (SSSR count). The summed E-state index contributed by atoms with van der Waals surface area (Å²) in [5.41, 5.74) is 3.69. The van der Waals surface area contributed by atoms with Crippen molar-refractivity contribution in [2.45, 2.75) is 26.7 Å². The summed E-state index contributed by atoms with van der Waals surface area (Å²) in [6, 6.07) is 22.7. The fourth-order valence-electron chi connectivity index (χ4n) is 5.53. The van der Waals surface area contributed by atoms with Crippen molar-refractivity contribution >= 4 is 84.6 Å². The number of rotatable bonds is 7. The van der Waals surface area contributed by atoms with Gasteiger partial charge in [0, 0.05) is 33.8 Å². The third-order valence-electron chi connectivity index (χ3n) is 7.80. The number of hydrogen-bond donors (Lipinski definition) is 0. The van der Waals surface area contributed by atoms with Crippen molar-refractivity contribution in [3.05, 3.63) is 133 Å². The maximum Gasteiger partial charge on any atom is 0.338 e. The molecule has 0 aromatic heterocycles. The van der Waals surface area contributed by atoms with Crippen molar-refractivity contribution in [1.29, 1.82) is 0 Å². The van der Waals surface area contributed by atoms with Gasteiger partial charge >= 0.3 is 17.9 Å². The predicted octanol–water partition coefficient (Wildman–Crippen LogP) is 9.93. The van der Waals surface area contributed by atoms with E-state index in [9.17, 15) is 14.4 Å². The van der Waals surface area contributed by atoms with Crippen LogP contribution in [0.1, 0.15) is 43.4 Å². The van der Waals surface area contributed by atoms with E-state index >= 15 is 0 Å². The van der Waals surface area contributed by atoms with Gasteiger partial charge in [-0.2, -0.15) is 0 Å². The number of hydrogen-bond acceptors (Lipinski definition) is 7. The van der Waals surface area contributed by atoms with Crippen molar-refractivity contribution in [2.75, 3.05) is 0 Å². The minimum absolute atomic E-state index is 0.302. The van der Waals surface area contributed by atoms with E-state index in [0.29, 0.717) is 45.5 Å². The topological polar surface area (TPSA) is 88.1 Å². The van der Waals surface area contributed by atoms with Crippen molar-refractivity contribution < 1.29 is 33.3 Å². The summed E-state index contributed by atoms with van der Waals surface area (Å²) in [6.07, 6.45) is 0. The van der Waals surface area contributed by atoms with Gasteiger partial charge in [-0.3, -0.25) is 0 Å². The second-order valence-electron chi connectivity index (χ2n) is 11.6. The summed E-state index contributed by atoms with van der Waals surface area (Å²) in [5.74, 6) is 0.794. The van der Waals surface area contributed by atoms with Crippen LogP contribution in [0.4, 0.5) is 0 Å². The highest BCUT2D eigenvalue weighted by molar-refractivity contribution is 14.1. The van der Waals surface area contributed by atoms with Gasteiger partial charge in [0.15, 0.2) is 5.75 Å². The molecule has 1 heterocycles. The molecule has 240 valence electrons. The molecule has 0 atom stereocenters. The molecule has 0 saturated heterocycles. The molecule has 1 aliphatic heterocycles. The van der Waals surface area contributed by atoms with Crippen LogP contribution in [0.25, 0.3) is 21.5 Å². The van der Waals surface area contributed by atoms with Crippen molar-refractivity contribution in [2.24, 2.45) is 0 Å². The number of halogens is 2. The largest absolute Gasteiger partial charge is 0.457 e. The van der Waals surface area contributed by atoms with E-state index in [1.165, 1.54) is 0 Å². The molecule has 5 aromatic carbocycles. The van der Waals surface area contributed by atoms with Gasteiger partial charge in [0.1, 0.15) is 23.0 Å². The van der Waals surface area contributed by atoms with Crippen LogP contribution in [-0.2, 0) is 14.4 Å². The van der Waals surface area contributed by atoms with Gasteiger partial charge < -0.3 is 18.9 Å². The second-order valence-corrected chi connectivity index (χ2v) is 13.9. The lowest BCUT2D eigenvalue weighted by atomic mass is 9.78. The van der Waals surface area contributed by atoms with E-state index in [0.717, 1.165) is 45.4 Å². The normalized spacial score (nSPS) is 12.0. The molecule has 1 aliphatic rings. The molecule has 0 saturated carbocycles. The zero-order valence-corrected chi connectivity index (χ0v) is 30.6. The molecule has 0 amide bonds. The van der Waals surface area contributed by atoms with Crippen molar-refractivity contribution in [3.63, 3.8) is 0 Å². The predicted molar refractivity (Wildman–Crippen MR) is 202 cm³/mol. The van der Waals surface area contributed by atoms with Crippen molar-refractivity contribution in [1.82, 2.24) is 0 Å². The van der Waals surface area contributed by atoms with Gasteiger partial charge in [-0.25, -0.2) is 14.4 Å². The second kappa shape index (κ2) is 13.2. The Morgan fingerprint density at radius 2 is 1.02 bits per heavy atom. The molecular formula is C39H28I2O7. The molecule has 0 aliphatic carbocycles. The highest BCUT2D eigenvalue weighted by Gasteiger charge is 2.33. The van der Waals surface area contributed by atoms with E-state index in [4.69, 9.17) is 18.9 Å². The van der Waals surface area contributed by atoms with Crippen LogP contribution in [0, 0.1) is 7.14 Å². The molecule has 9 heteroatoms. The van der Waals surface area contributed by atoms with E-state index < -0.39 is 17.9 Å². The zero-order chi connectivity index (χ0) is 34.4. The molecule has 0 unspecified atom stereocenters. The zero-order valence-electron chi connectivity index (χ0n) is 26.2. The number of benzene rings is 5. The Bertz CT molecular complexity index is 2130. The monoisotopic (exact) mass is 862 g/mol. The number of carbonyl (C=O) groups excluding carboxylic acids is 3. The lowest BCUT2D eigenvalue weighted by Gasteiger charge is -2.31. The van der Waals surface area contributed by atoms with Crippen LogP contribution in [0.15, 0.2) is 109 Å². The summed E-state index contributed by atoms with van der Waals surface area (Å²) in [6.45, 7) is 15.9.